The molecule has 1 amide bonds. The Bertz CT molecular complexity index is 1280. The van der Waals surface area contributed by atoms with E-state index >= 15 is 0 Å². The van der Waals surface area contributed by atoms with Crippen molar-refractivity contribution in [2.45, 2.75) is 38.6 Å². The van der Waals surface area contributed by atoms with Crippen LogP contribution in [0.25, 0.3) is 5.76 Å². The lowest BCUT2D eigenvalue weighted by atomic mass is 9.89. The normalized spacial score (nSPS) is 19.2. The number of hydrogen-bond donors (Lipinski definition) is 1. The third-order valence-corrected chi connectivity index (χ3v) is 6.47. The predicted octanol–water partition coefficient (Wildman–Crippen LogP) is 4.99. The first kappa shape index (κ1) is 21.9. The Morgan fingerprint density at radius 1 is 1.06 bits per heavy atom. The lowest BCUT2D eigenvalue weighted by molar-refractivity contribution is -0.132. The molecule has 1 fully saturated rings. The minimum absolute atomic E-state index is 0.0653. The number of benzene rings is 2. The number of Topliss-reactive ketones (excluding diaryl/α,β-unsaturated/α-hetero) is 1. The molecule has 2 heterocycles. The number of nitrogens with zero attached hydrogens (tertiary/aromatic N) is 2. The van der Waals surface area contributed by atoms with E-state index in [1.807, 2.05) is 31.2 Å². The summed E-state index contributed by atoms with van der Waals surface area (Å²) in [6, 6.07) is 15.6. The summed E-state index contributed by atoms with van der Waals surface area (Å²) in [5.41, 5.74) is 4.24. The SMILES string of the molecule is CCOc1cccc(N2C(=O)C(=O)/C(=C(\O)c3ccc4c(c3)CCCC4)C2c2cccnc2)c1. The van der Waals surface area contributed by atoms with Crippen molar-refractivity contribution in [2.75, 3.05) is 11.5 Å². The number of anilines is 1. The van der Waals surface area contributed by atoms with Crippen molar-refractivity contribution >= 4 is 23.1 Å². The van der Waals surface area contributed by atoms with Gasteiger partial charge in [0.1, 0.15) is 11.5 Å². The van der Waals surface area contributed by atoms with Crippen molar-refractivity contribution in [2.24, 2.45) is 0 Å². The van der Waals surface area contributed by atoms with Crippen LogP contribution in [0.3, 0.4) is 0 Å². The molecule has 1 saturated heterocycles. The Kier molecular flexibility index (Phi) is 5.88. The van der Waals surface area contributed by atoms with Gasteiger partial charge in [-0.2, -0.15) is 0 Å². The number of ether oxygens (including phenoxy) is 1. The van der Waals surface area contributed by atoms with Gasteiger partial charge in [-0.25, -0.2) is 0 Å². The summed E-state index contributed by atoms with van der Waals surface area (Å²) in [6.45, 7) is 2.36. The van der Waals surface area contributed by atoms with Gasteiger partial charge in [-0.3, -0.25) is 19.5 Å². The van der Waals surface area contributed by atoms with Gasteiger partial charge >= 0.3 is 0 Å². The minimum Gasteiger partial charge on any atom is -0.507 e. The monoisotopic (exact) mass is 454 g/mol. The molecular weight excluding hydrogens is 428 g/mol. The summed E-state index contributed by atoms with van der Waals surface area (Å²) >= 11 is 0. The number of aliphatic hydroxyl groups excluding tert-OH is 1. The van der Waals surface area contributed by atoms with Gasteiger partial charge < -0.3 is 9.84 Å². The molecular formula is C28H26N2O4. The van der Waals surface area contributed by atoms with Gasteiger partial charge in [-0.05, 0) is 73.6 Å². The predicted molar refractivity (Wildman–Crippen MR) is 130 cm³/mol. The first-order valence-electron chi connectivity index (χ1n) is 11.6. The molecule has 2 aromatic carbocycles. The zero-order valence-electron chi connectivity index (χ0n) is 19.0. The molecule has 6 nitrogen and oxygen atoms in total. The number of carbonyl (C=O) groups excluding carboxylic acids is 2. The second-order valence-electron chi connectivity index (χ2n) is 8.58. The number of fused-ring (bicyclic) bond motifs is 1. The lowest BCUT2D eigenvalue weighted by Gasteiger charge is -2.25. The molecule has 34 heavy (non-hydrogen) atoms. The topological polar surface area (TPSA) is 79.7 Å². The van der Waals surface area contributed by atoms with E-state index in [1.165, 1.54) is 16.0 Å². The highest BCUT2D eigenvalue weighted by atomic mass is 16.5. The molecule has 3 aromatic rings. The number of hydrogen-bond acceptors (Lipinski definition) is 5. The van der Waals surface area contributed by atoms with Crippen molar-refractivity contribution in [3.63, 3.8) is 0 Å². The Morgan fingerprint density at radius 2 is 1.88 bits per heavy atom. The van der Waals surface area contributed by atoms with Crippen LogP contribution >= 0.6 is 0 Å². The number of ketones is 1. The fourth-order valence-corrected chi connectivity index (χ4v) is 4.88. The molecule has 0 saturated carbocycles. The van der Waals surface area contributed by atoms with Crippen molar-refractivity contribution in [3.05, 3.63) is 94.8 Å². The van der Waals surface area contributed by atoms with Crippen molar-refractivity contribution in [3.8, 4) is 5.75 Å². The first-order valence-corrected chi connectivity index (χ1v) is 11.6. The first-order chi connectivity index (χ1) is 16.6. The van der Waals surface area contributed by atoms with E-state index in [0.717, 1.165) is 25.7 Å². The second-order valence-corrected chi connectivity index (χ2v) is 8.58. The van der Waals surface area contributed by atoms with Gasteiger partial charge in [0.2, 0.25) is 0 Å². The van der Waals surface area contributed by atoms with Crippen LogP contribution in [0.2, 0.25) is 0 Å². The van der Waals surface area contributed by atoms with Crippen molar-refractivity contribution < 1.29 is 19.4 Å². The van der Waals surface area contributed by atoms with Crippen LogP contribution in [0.5, 0.6) is 5.75 Å². The number of aryl methyl sites for hydroxylation is 2. The maximum absolute atomic E-state index is 13.3. The summed E-state index contributed by atoms with van der Waals surface area (Å²) < 4.78 is 5.61. The average Bonchev–Trinajstić information content (AvgIpc) is 3.14. The molecule has 1 unspecified atom stereocenters. The quantitative estimate of drug-likeness (QED) is 0.334. The van der Waals surface area contributed by atoms with E-state index in [0.29, 0.717) is 29.2 Å². The third kappa shape index (κ3) is 3.85. The summed E-state index contributed by atoms with van der Waals surface area (Å²) in [5, 5.41) is 11.4. The molecule has 6 heteroatoms. The number of rotatable bonds is 5. The number of aromatic nitrogens is 1. The Hall–Kier alpha value is -3.93. The lowest BCUT2D eigenvalue weighted by Crippen LogP contribution is -2.29. The molecule has 1 aromatic heterocycles. The second kappa shape index (κ2) is 9.14. The van der Waals surface area contributed by atoms with Gasteiger partial charge in [-0.15, -0.1) is 0 Å². The number of aliphatic hydroxyl groups is 1. The highest BCUT2D eigenvalue weighted by molar-refractivity contribution is 6.51. The number of carbonyl (C=O) groups is 2. The minimum atomic E-state index is -0.804. The van der Waals surface area contributed by atoms with E-state index in [9.17, 15) is 14.7 Å². The standard InChI is InChI=1S/C28H26N2O4/c1-2-34-23-11-5-10-22(16-23)30-25(21-9-6-14-29-17-21)24(27(32)28(30)33)26(31)20-13-12-18-7-3-4-8-19(18)15-20/h5-6,9-17,25,31H,2-4,7-8H2,1H3/b26-24-. The highest BCUT2D eigenvalue weighted by Crippen LogP contribution is 2.42. The third-order valence-electron chi connectivity index (χ3n) is 6.47. The van der Waals surface area contributed by atoms with Crippen LogP contribution in [0.1, 0.15) is 48.1 Å². The smallest absolute Gasteiger partial charge is 0.300 e. The summed E-state index contributed by atoms with van der Waals surface area (Å²) in [4.78, 5) is 32.3. The van der Waals surface area contributed by atoms with Crippen LogP contribution in [0, 0.1) is 0 Å². The van der Waals surface area contributed by atoms with Crippen LogP contribution < -0.4 is 9.64 Å². The van der Waals surface area contributed by atoms with Gasteiger partial charge in [0.15, 0.2) is 0 Å². The van der Waals surface area contributed by atoms with E-state index < -0.39 is 17.7 Å². The molecule has 0 spiro atoms. The molecule has 1 aliphatic heterocycles. The van der Waals surface area contributed by atoms with E-state index in [2.05, 4.69) is 4.98 Å². The van der Waals surface area contributed by atoms with Crippen LogP contribution in [0.15, 0.2) is 72.6 Å². The maximum atomic E-state index is 13.3. The van der Waals surface area contributed by atoms with E-state index in [-0.39, 0.29) is 11.3 Å². The molecule has 172 valence electrons. The van der Waals surface area contributed by atoms with Crippen LogP contribution in [-0.4, -0.2) is 28.4 Å². The van der Waals surface area contributed by atoms with Gasteiger partial charge in [0.25, 0.3) is 11.7 Å². The Balaban J connectivity index is 1.66. The molecule has 1 N–H and O–H groups in total. The van der Waals surface area contributed by atoms with Gasteiger partial charge in [0, 0.05) is 29.7 Å². The zero-order chi connectivity index (χ0) is 23.7. The molecule has 0 bridgehead atoms. The molecule has 1 atom stereocenters. The van der Waals surface area contributed by atoms with Gasteiger partial charge in [-0.1, -0.05) is 24.3 Å². The van der Waals surface area contributed by atoms with E-state index in [1.54, 1.807) is 42.7 Å². The summed E-state index contributed by atoms with van der Waals surface area (Å²) in [7, 11) is 0. The summed E-state index contributed by atoms with van der Waals surface area (Å²) in [6.07, 6.45) is 7.48. The zero-order valence-corrected chi connectivity index (χ0v) is 19.0. The average molecular weight is 455 g/mol. The Labute approximate surface area is 198 Å². The maximum Gasteiger partial charge on any atom is 0.300 e. The number of amides is 1. The Morgan fingerprint density at radius 3 is 2.65 bits per heavy atom. The summed E-state index contributed by atoms with van der Waals surface area (Å²) in [5.74, 6) is -0.974. The fraction of sp³-hybridized carbons (Fsp3) is 0.250. The van der Waals surface area contributed by atoms with E-state index in [4.69, 9.17) is 4.74 Å². The molecule has 1 aliphatic carbocycles. The molecule has 0 radical (unpaired) electrons. The van der Waals surface area contributed by atoms with Crippen LogP contribution in [0.4, 0.5) is 5.69 Å². The van der Waals surface area contributed by atoms with Crippen molar-refractivity contribution in [1.29, 1.82) is 0 Å². The molecule has 5 rings (SSSR count). The number of pyridine rings is 1. The van der Waals surface area contributed by atoms with Crippen molar-refractivity contribution in [1.82, 2.24) is 4.98 Å². The highest BCUT2D eigenvalue weighted by Gasteiger charge is 2.47. The van der Waals surface area contributed by atoms with Gasteiger partial charge in [0.05, 0.1) is 18.2 Å². The fourth-order valence-electron chi connectivity index (χ4n) is 4.88. The largest absolute Gasteiger partial charge is 0.507 e. The van der Waals surface area contributed by atoms with Crippen LogP contribution in [-0.2, 0) is 22.4 Å². The molecule has 2 aliphatic rings.